The first-order valence-corrected chi connectivity index (χ1v) is 3.50. The third-order valence-electron chi connectivity index (χ3n) is 1.41. The number of hydrogen-bond donors (Lipinski definition) is 1. The fourth-order valence-corrected chi connectivity index (χ4v) is 0.786. The summed E-state index contributed by atoms with van der Waals surface area (Å²) in [7, 11) is 1.59. The second-order valence-corrected chi connectivity index (χ2v) is 2.56. The average molecular weight is 144 g/mol. The van der Waals surface area contributed by atoms with Crippen molar-refractivity contribution in [3.05, 3.63) is 12.7 Å². The number of aliphatic hydroxyl groups is 1. The SMILES string of the molecule is C=C[C@H](C)C[C@@H](O)COC. The summed E-state index contributed by atoms with van der Waals surface area (Å²) in [5, 5.41) is 9.18. The maximum absolute atomic E-state index is 9.18. The molecule has 0 aliphatic heterocycles. The van der Waals surface area contributed by atoms with E-state index in [2.05, 4.69) is 6.58 Å². The molecular weight excluding hydrogens is 128 g/mol. The normalized spacial score (nSPS) is 16.3. The zero-order chi connectivity index (χ0) is 7.98. The molecule has 0 bridgehead atoms. The molecule has 0 spiro atoms. The zero-order valence-electron chi connectivity index (χ0n) is 6.71. The highest BCUT2D eigenvalue weighted by molar-refractivity contribution is 4.77. The van der Waals surface area contributed by atoms with E-state index in [9.17, 15) is 5.11 Å². The minimum atomic E-state index is -0.349. The van der Waals surface area contributed by atoms with Crippen LogP contribution in [0.2, 0.25) is 0 Å². The molecule has 0 unspecified atom stereocenters. The van der Waals surface area contributed by atoms with E-state index in [1.54, 1.807) is 7.11 Å². The summed E-state index contributed by atoms with van der Waals surface area (Å²) in [6.07, 6.45) is 2.22. The molecule has 0 radical (unpaired) electrons. The van der Waals surface area contributed by atoms with Crippen molar-refractivity contribution in [1.82, 2.24) is 0 Å². The van der Waals surface area contributed by atoms with Crippen molar-refractivity contribution in [3.63, 3.8) is 0 Å². The third kappa shape index (κ3) is 4.53. The molecule has 2 nitrogen and oxygen atoms in total. The van der Waals surface area contributed by atoms with Crippen LogP contribution in [-0.4, -0.2) is 24.9 Å². The van der Waals surface area contributed by atoms with Crippen molar-refractivity contribution in [2.75, 3.05) is 13.7 Å². The van der Waals surface area contributed by atoms with E-state index in [0.717, 1.165) is 6.42 Å². The fourth-order valence-electron chi connectivity index (χ4n) is 0.786. The molecule has 0 aromatic rings. The predicted molar refractivity (Wildman–Crippen MR) is 41.9 cm³/mol. The standard InChI is InChI=1S/C8H16O2/c1-4-7(2)5-8(9)6-10-3/h4,7-9H,1,5-6H2,2-3H3/t7-,8+/m0/s1. The van der Waals surface area contributed by atoms with E-state index < -0.39 is 0 Å². The highest BCUT2D eigenvalue weighted by Gasteiger charge is 2.05. The Hall–Kier alpha value is -0.340. The number of rotatable bonds is 5. The molecule has 60 valence electrons. The first-order chi connectivity index (χ1) is 4.70. The Labute approximate surface area is 62.5 Å². The third-order valence-corrected chi connectivity index (χ3v) is 1.41. The molecule has 1 N–H and O–H groups in total. The van der Waals surface area contributed by atoms with Crippen LogP contribution in [0.15, 0.2) is 12.7 Å². The Morgan fingerprint density at radius 3 is 2.70 bits per heavy atom. The summed E-state index contributed by atoms with van der Waals surface area (Å²) >= 11 is 0. The van der Waals surface area contributed by atoms with Gasteiger partial charge in [-0.05, 0) is 12.3 Å². The van der Waals surface area contributed by atoms with Gasteiger partial charge in [-0.15, -0.1) is 6.58 Å². The van der Waals surface area contributed by atoms with Gasteiger partial charge in [0, 0.05) is 7.11 Å². The summed E-state index contributed by atoms with van der Waals surface area (Å²) in [4.78, 5) is 0. The monoisotopic (exact) mass is 144 g/mol. The highest BCUT2D eigenvalue weighted by atomic mass is 16.5. The van der Waals surface area contributed by atoms with Gasteiger partial charge in [-0.3, -0.25) is 0 Å². The van der Waals surface area contributed by atoms with Crippen LogP contribution in [0.4, 0.5) is 0 Å². The van der Waals surface area contributed by atoms with E-state index in [0.29, 0.717) is 12.5 Å². The Balaban J connectivity index is 3.36. The Morgan fingerprint density at radius 1 is 1.70 bits per heavy atom. The van der Waals surface area contributed by atoms with Gasteiger partial charge in [0.25, 0.3) is 0 Å². The molecule has 10 heavy (non-hydrogen) atoms. The second kappa shape index (κ2) is 5.45. The van der Waals surface area contributed by atoms with Crippen molar-refractivity contribution in [2.45, 2.75) is 19.4 Å². The smallest absolute Gasteiger partial charge is 0.0779 e. The Bertz CT molecular complexity index is 91.3. The van der Waals surface area contributed by atoms with Crippen molar-refractivity contribution in [2.24, 2.45) is 5.92 Å². The van der Waals surface area contributed by atoms with Gasteiger partial charge in [0.1, 0.15) is 0 Å². The predicted octanol–water partition coefficient (Wildman–Crippen LogP) is 1.21. The van der Waals surface area contributed by atoms with Crippen LogP contribution in [0.3, 0.4) is 0 Å². The fraction of sp³-hybridized carbons (Fsp3) is 0.750. The maximum Gasteiger partial charge on any atom is 0.0779 e. The van der Waals surface area contributed by atoms with E-state index in [1.165, 1.54) is 0 Å². The van der Waals surface area contributed by atoms with Crippen LogP contribution in [0, 0.1) is 5.92 Å². The number of ether oxygens (including phenoxy) is 1. The lowest BCUT2D eigenvalue weighted by molar-refractivity contribution is 0.0536. The molecule has 0 aliphatic carbocycles. The first-order valence-electron chi connectivity index (χ1n) is 3.50. The van der Waals surface area contributed by atoms with Crippen molar-refractivity contribution >= 4 is 0 Å². The summed E-state index contributed by atoms with van der Waals surface area (Å²) in [5.41, 5.74) is 0. The topological polar surface area (TPSA) is 29.5 Å². The molecule has 0 saturated carbocycles. The molecule has 0 aliphatic rings. The van der Waals surface area contributed by atoms with Gasteiger partial charge in [-0.1, -0.05) is 13.0 Å². The van der Waals surface area contributed by atoms with Gasteiger partial charge in [-0.2, -0.15) is 0 Å². The molecule has 2 heteroatoms. The molecule has 0 aromatic carbocycles. The van der Waals surface area contributed by atoms with Gasteiger partial charge >= 0.3 is 0 Å². The quantitative estimate of drug-likeness (QED) is 0.588. The lowest BCUT2D eigenvalue weighted by atomic mass is 10.0. The summed E-state index contributed by atoms with van der Waals surface area (Å²) in [6.45, 7) is 6.06. The Morgan fingerprint density at radius 2 is 2.30 bits per heavy atom. The van der Waals surface area contributed by atoms with E-state index >= 15 is 0 Å². The molecule has 0 fully saturated rings. The van der Waals surface area contributed by atoms with Crippen LogP contribution in [0.25, 0.3) is 0 Å². The molecule has 0 rings (SSSR count). The van der Waals surface area contributed by atoms with Gasteiger partial charge < -0.3 is 9.84 Å². The van der Waals surface area contributed by atoms with Gasteiger partial charge in [-0.25, -0.2) is 0 Å². The number of aliphatic hydroxyl groups excluding tert-OH is 1. The van der Waals surface area contributed by atoms with Crippen LogP contribution in [-0.2, 0) is 4.74 Å². The molecule has 0 aromatic heterocycles. The average Bonchev–Trinajstić information content (AvgIpc) is 1.88. The highest BCUT2D eigenvalue weighted by Crippen LogP contribution is 2.06. The van der Waals surface area contributed by atoms with Crippen LogP contribution >= 0.6 is 0 Å². The number of allylic oxidation sites excluding steroid dienone is 1. The van der Waals surface area contributed by atoms with Crippen molar-refractivity contribution in [3.8, 4) is 0 Å². The van der Waals surface area contributed by atoms with Gasteiger partial charge in [0.2, 0.25) is 0 Å². The lowest BCUT2D eigenvalue weighted by Gasteiger charge is -2.11. The Kier molecular flexibility index (Phi) is 5.26. The molecular formula is C8H16O2. The van der Waals surface area contributed by atoms with E-state index in [-0.39, 0.29) is 6.10 Å². The number of hydrogen-bond acceptors (Lipinski definition) is 2. The molecule has 0 heterocycles. The molecule has 0 saturated heterocycles. The number of methoxy groups -OCH3 is 1. The van der Waals surface area contributed by atoms with Crippen molar-refractivity contribution in [1.29, 1.82) is 0 Å². The van der Waals surface area contributed by atoms with Crippen LogP contribution < -0.4 is 0 Å². The van der Waals surface area contributed by atoms with Gasteiger partial charge in [0.05, 0.1) is 12.7 Å². The van der Waals surface area contributed by atoms with E-state index in [4.69, 9.17) is 4.74 Å². The van der Waals surface area contributed by atoms with E-state index in [1.807, 2.05) is 13.0 Å². The molecule has 0 amide bonds. The summed E-state index contributed by atoms with van der Waals surface area (Å²) in [5.74, 6) is 0.366. The second-order valence-electron chi connectivity index (χ2n) is 2.56. The first kappa shape index (κ1) is 9.66. The minimum absolute atomic E-state index is 0.349. The van der Waals surface area contributed by atoms with Crippen LogP contribution in [0.5, 0.6) is 0 Å². The zero-order valence-corrected chi connectivity index (χ0v) is 6.71. The largest absolute Gasteiger partial charge is 0.391 e. The summed E-state index contributed by atoms with van der Waals surface area (Å²) < 4.78 is 4.76. The van der Waals surface area contributed by atoms with Crippen LogP contribution in [0.1, 0.15) is 13.3 Å². The lowest BCUT2D eigenvalue weighted by Crippen LogP contribution is -2.16. The van der Waals surface area contributed by atoms with Crippen molar-refractivity contribution < 1.29 is 9.84 Å². The molecule has 2 atom stereocenters. The van der Waals surface area contributed by atoms with Gasteiger partial charge in [0.15, 0.2) is 0 Å². The minimum Gasteiger partial charge on any atom is -0.391 e. The maximum atomic E-state index is 9.18. The summed E-state index contributed by atoms with van der Waals surface area (Å²) in [6, 6.07) is 0.